The highest BCUT2D eigenvalue weighted by Crippen LogP contribution is 2.27. The number of nitro benzene ring substituents is 1. The minimum Gasteiger partial charge on any atom is -0.479 e. The Kier molecular flexibility index (Phi) is 3.15. The number of carboxylic acid groups (broad SMARTS) is 1. The van der Waals surface area contributed by atoms with Gasteiger partial charge in [0.2, 0.25) is 0 Å². The number of aliphatic hydroxyl groups excluding tert-OH is 2. The summed E-state index contributed by atoms with van der Waals surface area (Å²) in [6, 6.07) is 3.73. The topological polar surface area (TPSA) is 150 Å². The lowest BCUT2D eigenvalue weighted by atomic mass is 10.1. The van der Waals surface area contributed by atoms with E-state index in [9.17, 15) is 25.1 Å². The van der Waals surface area contributed by atoms with E-state index < -0.39 is 23.1 Å². The molecule has 0 radical (unpaired) electrons. The second kappa shape index (κ2) is 4.63. The molecule has 9 heteroatoms. The minimum atomic E-state index is -2.05. The lowest BCUT2D eigenvalue weighted by Crippen LogP contribution is -2.27. The first-order valence-corrected chi connectivity index (χ1v) is 5.13. The Labute approximate surface area is 105 Å². The van der Waals surface area contributed by atoms with Gasteiger partial charge in [-0.15, -0.1) is 0 Å². The highest BCUT2D eigenvalue weighted by Gasteiger charge is 2.28. The second-order valence-corrected chi connectivity index (χ2v) is 3.82. The van der Waals surface area contributed by atoms with Crippen molar-refractivity contribution in [2.75, 3.05) is 0 Å². The molecule has 2 aromatic rings. The van der Waals surface area contributed by atoms with E-state index in [0.29, 0.717) is 5.52 Å². The molecule has 0 aliphatic rings. The van der Waals surface area contributed by atoms with E-state index in [2.05, 4.69) is 10.2 Å². The van der Waals surface area contributed by atoms with Crippen LogP contribution < -0.4 is 0 Å². The fourth-order valence-electron chi connectivity index (χ4n) is 1.65. The Bertz CT molecular complexity index is 652. The first-order chi connectivity index (χ1) is 8.91. The third kappa shape index (κ3) is 2.23. The number of nitrogens with one attached hydrogen (secondary N) is 1. The molecule has 2 unspecified atom stereocenters. The molecule has 0 amide bonds. The Hall–Kier alpha value is -2.52. The van der Waals surface area contributed by atoms with Crippen molar-refractivity contribution in [1.82, 2.24) is 10.2 Å². The predicted molar refractivity (Wildman–Crippen MR) is 61.4 cm³/mol. The Morgan fingerprint density at radius 1 is 1.42 bits per heavy atom. The summed E-state index contributed by atoms with van der Waals surface area (Å²) in [4.78, 5) is 20.6. The van der Waals surface area contributed by atoms with Crippen LogP contribution in [0.25, 0.3) is 10.9 Å². The fraction of sp³-hybridized carbons (Fsp3) is 0.200. The number of rotatable bonds is 4. The lowest BCUT2D eigenvalue weighted by Gasteiger charge is -2.12. The Balaban J connectivity index is 2.52. The van der Waals surface area contributed by atoms with Crippen LogP contribution in [-0.4, -0.2) is 42.5 Å². The molecule has 0 aliphatic heterocycles. The molecule has 2 atom stereocenters. The Morgan fingerprint density at radius 3 is 2.68 bits per heavy atom. The molecule has 1 aromatic carbocycles. The molecule has 19 heavy (non-hydrogen) atoms. The van der Waals surface area contributed by atoms with E-state index in [-0.39, 0.29) is 16.8 Å². The quantitative estimate of drug-likeness (QED) is 0.448. The van der Waals surface area contributed by atoms with Crippen molar-refractivity contribution in [3.8, 4) is 0 Å². The van der Waals surface area contributed by atoms with Crippen LogP contribution in [0.1, 0.15) is 11.8 Å². The summed E-state index contributed by atoms with van der Waals surface area (Å²) in [7, 11) is 0. The average Bonchev–Trinajstić information content (AvgIpc) is 2.79. The van der Waals surface area contributed by atoms with Crippen LogP contribution in [0, 0.1) is 10.1 Å². The Morgan fingerprint density at radius 2 is 2.11 bits per heavy atom. The maximum absolute atomic E-state index is 10.7. The summed E-state index contributed by atoms with van der Waals surface area (Å²) in [6.45, 7) is 0. The summed E-state index contributed by atoms with van der Waals surface area (Å²) in [5.74, 6) is -1.61. The third-order valence-electron chi connectivity index (χ3n) is 2.63. The number of aromatic amines is 1. The van der Waals surface area contributed by atoms with Crippen molar-refractivity contribution in [1.29, 1.82) is 0 Å². The maximum atomic E-state index is 10.7. The van der Waals surface area contributed by atoms with Crippen molar-refractivity contribution in [2.24, 2.45) is 0 Å². The van der Waals surface area contributed by atoms with Crippen molar-refractivity contribution >= 4 is 22.6 Å². The van der Waals surface area contributed by atoms with Crippen LogP contribution in [0.2, 0.25) is 0 Å². The summed E-state index contributed by atoms with van der Waals surface area (Å²) < 4.78 is 0. The van der Waals surface area contributed by atoms with Gasteiger partial charge >= 0.3 is 5.97 Å². The lowest BCUT2D eigenvalue weighted by molar-refractivity contribution is -0.384. The number of aliphatic hydroxyl groups is 2. The predicted octanol–water partition coefficient (Wildman–Crippen LogP) is -0.0500. The van der Waals surface area contributed by atoms with Crippen molar-refractivity contribution < 1.29 is 25.0 Å². The number of aromatic nitrogens is 2. The van der Waals surface area contributed by atoms with Gasteiger partial charge in [-0.1, -0.05) is 0 Å². The van der Waals surface area contributed by atoms with E-state index in [1.165, 1.54) is 12.1 Å². The molecule has 0 fully saturated rings. The number of fused-ring (bicyclic) bond motifs is 1. The van der Waals surface area contributed by atoms with Gasteiger partial charge < -0.3 is 15.3 Å². The van der Waals surface area contributed by atoms with Gasteiger partial charge in [-0.3, -0.25) is 15.2 Å². The van der Waals surface area contributed by atoms with Crippen molar-refractivity contribution in [3.63, 3.8) is 0 Å². The van der Waals surface area contributed by atoms with Gasteiger partial charge in [0, 0.05) is 17.5 Å². The molecule has 0 bridgehead atoms. The molecule has 2 rings (SSSR count). The monoisotopic (exact) mass is 267 g/mol. The highest BCUT2D eigenvalue weighted by atomic mass is 16.6. The fourth-order valence-corrected chi connectivity index (χ4v) is 1.65. The molecule has 1 heterocycles. The van der Waals surface area contributed by atoms with E-state index in [4.69, 9.17) is 5.11 Å². The zero-order valence-corrected chi connectivity index (χ0v) is 9.35. The van der Waals surface area contributed by atoms with Gasteiger partial charge in [-0.25, -0.2) is 4.79 Å². The van der Waals surface area contributed by atoms with Crippen LogP contribution in [0.4, 0.5) is 5.69 Å². The van der Waals surface area contributed by atoms with Gasteiger partial charge in [0.15, 0.2) is 6.10 Å². The molecule has 0 aliphatic carbocycles. The number of benzene rings is 1. The highest BCUT2D eigenvalue weighted by molar-refractivity contribution is 5.85. The smallest absolute Gasteiger partial charge is 0.335 e. The zero-order valence-electron chi connectivity index (χ0n) is 9.35. The summed E-state index contributed by atoms with van der Waals surface area (Å²) >= 11 is 0. The third-order valence-corrected chi connectivity index (χ3v) is 2.63. The molecule has 1 aromatic heterocycles. The number of aliphatic carboxylic acids is 1. The molecule has 0 saturated heterocycles. The number of nitro groups is 1. The molecular formula is C10H9N3O6. The molecule has 4 N–H and O–H groups in total. The van der Waals surface area contributed by atoms with Crippen LogP contribution in [0.15, 0.2) is 18.2 Å². The van der Waals surface area contributed by atoms with E-state index >= 15 is 0 Å². The first-order valence-electron chi connectivity index (χ1n) is 5.13. The number of nitrogens with zero attached hydrogens (tertiary/aromatic N) is 2. The van der Waals surface area contributed by atoms with Crippen LogP contribution >= 0.6 is 0 Å². The number of carboxylic acids is 1. The molecule has 0 spiro atoms. The van der Waals surface area contributed by atoms with Crippen LogP contribution in [-0.2, 0) is 4.79 Å². The first kappa shape index (κ1) is 12.9. The van der Waals surface area contributed by atoms with Gasteiger partial charge in [0.05, 0.1) is 16.1 Å². The number of hydrogen-bond acceptors (Lipinski definition) is 6. The second-order valence-electron chi connectivity index (χ2n) is 3.82. The summed E-state index contributed by atoms with van der Waals surface area (Å²) in [6.07, 6.45) is -3.81. The van der Waals surface area contributed by atoms with Gasteiger partial charge in [0.25, 0.3) is 5.69 Å². The summed E-state index contributed by atoms with van der Waals surface area (Å²) in [5.41, 5.74) is -0.00185. The van der Waals surface area contributed by atoms with Crippen LogP contribution in [0.3, 0.4) is 0 Å². The minimum absolute atomic E-state index is 0.0893. The molecule has 100 valence electrons. The van der Waals surface area contributed by atoms with Gasteiger partial charge in [0.1, 0.15) is 6.10 Å². The SMILES string of the molecule is O=C(O)C(O)C(O)c1[nH]nc2ccc([N+](=O)[O-])cc12. The van der Waals surface area contributed by atoms with Gasteiger partial charge in [-0.2, -0.15) is 5.10 Å². The van der Waals surface area contributed by atoms with E-state index in [1.54, 1.807) is 0 Å². The van der Waals surface area contributed by atoms with Crippen molar-refractivity contribution in [2.45, 2.75) is 12.2 Å². The zero-order chi connectivity index (χ0) is 14.2. The van der Waals surface area contributed by atoms with Crippen LogP contribution in [0.5, 0.6) is 0 Å². The van der Waals surface area contributed by atoms with Crippen molar-refractivity contribution in [3.05, 3.63) is 34.0 Å². The standard InChI is InChI=1S/C10H9N3O6/c14-8(9(15)10(16)17)7-5-3-4(13(18)19)1-2-6(5)11-12-7/h1-3,8-9,14-15H,(H,11,12)(H,16,17). The number of carbonyl (C=O) groups is 1. The van der Waals surface area contributed by atoms with E-state index in [1.807, 2.05) is 0 Å². The van der Waals surface area contributed by atoms with E-state index in [0.717, 1.165) is 6.07 Å². The van der Waals surface area contributed by atoms with Gasteiger partial charge in [-0.05, 0) is 6.07 Å². The largest absolute Gasteiger partial charge is 0.479 e. The molecule has 9 nitrogen and oxygen atoms in total. The molecule has 0 saturated carbocycles. The number of non-ortho nitro benzene ring substituents is 1. The number of hydrogen-bond donors (Lipinski definition) is 4. The maximum Gasteiger partial charge on any atom is 0.335 e. The molecular weight excluding hydrogens is 258 g/mol. The average molecular weight is 267 g/mol. The number of H-pyrrole nitrogens is 1. The summed E-state index contributed by atoms with van der Waals surface area (Å²) in [5, 5.41) is 44.6. The normalized spacial score (nSPS) is 14.2.